The van der Waals surface area contributed by atoms with Gasteiger partial charge in [0.15, 0.2) is 11.5 Å². The van der Waals surface area contributed by atoms with Crippen LogP contribution in [0.3, 0.4) is 0 Å². The highest BCUT2D eigenvalue weighted by atomic mass is 35.5. The van der Waals surface area contributed by atoms with Crippen LogP contribution in [0.2, 0.25) is 5.02 Å². The summed E-state index contributed by atoms with van der Waals surface area (Å²) in [4.78, 5) is 13.2. The third-order valence-electron chi connectivity index (χ3n) is 5.16. The Kier molecular flexibility index (Phi) is 7.01. The number of nitrogens with zero attached hydrogens (tertiary/aromatic N) is 1. The summed E-state index contributed by atoms with van der Waals surface area (Å²) in [6.45, 7) is 6.37. The molecule has 1 aliphatic heterocycles. The molecule has 7 nitrogen and oxygen atoms in total. The van der Waals surface area contributed by atoms with Crippen molar-refractivity contribution in [1.29, 1.82) is 0 Å². The number of nitrogens with one attached hydrogen (secondary N) is 1. The van der Waals surface area contributed by atoms with Gasteiger partial charge in [-0.05, 0) is 55.7 Å². The molecule has 3 rings (SSSR count). The van der Waals surface area contributed by atoms with Gasteiger partial charge in [-0.1, -0.05) is 30.7 Å². The minimum atomic E-state index is -3.75. The highest BCUT2D eigenvalue weighted by molar-refractivity contribution is 7.92. The largest absolute Gasteiger partial charge is 0.486 e. The maximum Gasteiger partial charge on any atom is 0.244 e. The van der Waals surface area contributed by atoms with Crippen LogP contribution < -0.4 is 19.1 Å². The standard InChI is InChI=1S/C22H27ClN2O5S/c1-5-18(25(31(4,27)28)19-13-17(23)8-6-14(19)2)22(26)24-15(3)16-7-9-20-21(12-16)30-11-10-29-20/h6-9,12-13,15,18H,5,10-11H2,1-4H3,(H,24,26). The van der Waals surface area contributed by atoms with Crippen LogP contribution in [-0.4, -0.2) is 39.8 Å². The molecule has 9 heteroatoms. The smallest absolute Gasteiger partial charge is 0.244 e. The average Bonchev–Trinajstić information content (AvgIpc) is 2.72. The summed E-state index contributed by atoms with van der Waals surface area (Å²) in [5.74, 6) is 0.901. The number of anilines is 1. The first-order valence-electron chi connectivity index (χ1n) is 10.1. The fraction of sp³-hybridized carbons (Fsp3) is 0.409. The van der Waals surface area contributed by atoms with E-state index < -0.39 is 22.0 Å². The lowest BCUT2D eigenvalue weighted by Gasteiger charge is -2.32. The van der Waals surface area contributed by atoms with E-state index in [-0.39, 0.29) is 6.04 Å². The van der Waals surface area contributed by atoms with Crippen molar-refractivity contribution in [3.63, 3.8) is 0 Å². The van der Waals surface area contributed by atoms with Gasteiger partial charge in [0.1, 0.15) is 19.3 Å². The first-order chi connectivity index (χ1) is 14.6. The number of sulfonamides is 1. The van der Waals surface area contributed by atoms with Crippen molar-refractivity contribution < 1.29 is 22.7 Å². The summed E-state index contributed by atoms with van der Waals surface area (Å²) >= 11 is 6.12. The topological polar surface area (TPSA) is 84.9 Å². The number of fused-ring (bicyclic) bond motifs is 1. The Labute approximate surface area is 188 Å². The number of carbonyl (C=O) groups is 1. The number of rotatable bonds is 7. The molecule has 0 radical (unpaired) electrons. The second-order valence-electron chi connectivity index (χ2n) is 7.55. The Morgan fingerprint density at radius 1 is 1.16 bits per heavy atom. The van der Waals surface area contributed by atoms with Gasteiger partial charge in [-0.15, -0.1) is 0 Å². The molecule has 2 aromatic rings. The second kappa shape index (κ2) is 9.36. The Bertz CT molecular complexity index is 1070. The molecule has 1 aliphatic rings. The Balaban J connectivity index is 1.87. The number of ether oxygens (including phenoxy) is 2. The molecule has 1 N–H and O–H groups in total. The summed E-state index contributed by atoms with van der Waals surface area (Å²) in [7, 11) is -3.75. The van der Waals surface area contributed by atoms with E-state index in [1.54, 1.807) is 32.0 Å². The predicted octanol–water partition coefficient (Wildman–Crippen LogP) is 3.84. The van der Waals surface area contributed by atoms with Crippen LogP contribution in [0.15, 0.2) is 36.4 Å². The normalized spacial score (nSPS) is 15.1. The zero-order valence-corrected chi connectivity index (χ0v) is 19.6. The van der Waals surface area contributed by atoms with Crippen molar-refractivity contribution in [2.45, 2.75) is 39.3 Å². The third-order valence-corrected chi connectivity index (χ3v) is 6.56. The van der Waals surface area contributed by atoms with E-state index in [1.165, 1.54) is 0 Å². The van der Waals surface area contributed by atoms with Gasteiger partial charge >= 0.3 is 0 Å². The highest BCUT2D eigenvalue weighted by Gasteiger charge is 2.33. The molecule has 0 bridgehead atoms. The lowest BCUT2D eigenvalue weighted by molar-refractivity contribution is -0.122. The van der Waals surface area contributed by atoms with Crippen LogP contribution >= 0.6 is 11.6 Å². The minimum Gasteiger partial charge on any atom is -0.486 e. The van der Waals surface area contributed by atoms with Crippen molar-refractivity contribution in [2.75, 3.05) is 23.8 Å². The minimum absolute atomic E-state index is 0.290. The summed E-state index contributed by atoms with van der Waals surface area (Å²) in [5, 5.41) is 3.33. The molecule has 0 aliphatic carbocycles. The summed E-state index contributed by atoms with van der Waals surface area (Å²) < 4.78 is 37.7. The SMILES string of the molecule is CCC(C(=O)NC(C)c1ccc2c(c1)OCCO2)N(c1cc(Cl)ccc1C)S(C)(=O)=O. The lowest BCUT2D eigenvalue weighted by Crippen LogP contribution is -2.50. The zero-order valence-electron chi connectivity index (χ0n) is 18.0. The Hall–Kier alpha value is -2.45. The number of benzene rings is 2. The van der Waals surface area contributed by atoms with Crippen LogP contribution in [0.5, 0.6) is 11.5 Å². The van der Waals surface area contributed by atoms with Crippen molar-refractivity contribution >= 4 is 33.2 Å². The number of carbonyl (C=O) groups excluding carboxylic acids is 1. The molecule has 0 saturated carbocycles. The van der Waals surface area contributed by atoms with Gasteiger partial charge < -0.3 is 14.8 Å². The fourth-order valence-electron chi connectivity index (χ4n) is 3.58. The molecule has 0 fully saturated rings. The molecule has 1 heterocycles. The summed E-state index contributed by atoms with van der Waals surface area (Å²) in [5.41, 5.74) is 1.93. The van der Waals surface area contributed by atoms with Crippen LogP contribution in [-0.2, 0) is 14.8 Å². The highest BCUT2D eigenvalue weighted by Crippen LogP contribution is 2.33. The second-order valence-corrected chi connectivity index (χ2v) is 9.84. The molecule has 0 spiro atoms. The quantitative estimate of drug-likeness (QED) is 0.670. The fourth-order valence-corrected chi connectivity index (χ4v) is 5.00. The van der Waals surface area contributed by atoms with E-state index in [0.29, 0.717) is 47.4 Å². The molecule has 0 saturated heterocycles. The molecule has 168 valence electrons. The van der Waals surface area contributed by atoms with Crippen molar-refractivity contribution in [3.8, 4) is 11.5 Å². The van der Waals surface area contributed by atoms with Gasteiger partial charge in [0.2, 0.25) is 15.9 Å². The van der Waals surface area contributed by atoms with Gasteiger partial charge in [-0.3, -0.25) is 9.10 Å². The Morgan fingerprint density at radius 3 is 2.48 bits per heavy atom. The predicted molar refractivity (Wildman–Crippen MR) is 122 cm³/mol. The average molecular weight is 467 g/mol. The van der Waals surface area contributed by atoms with Crippen LogP contribution in [0, 0.1) is 6.92 Å². The van der Waals surface area contributed by atoms with Crippen molar-refractivity contribution in [2.24, 2.45) is 0 Å². The van der Waals surface area contributed by atoms with Crippen LogP contribution in [0.1, 0.15) is 37.4 Å². The maximum atomic E-state index is 13.2. The molecular weight excluding hydrogens is 440 g/mol. The summed E-state index contributed by atoms with van der Waals surface area (Å²) in [6.07, 6.45) is 1.38. The molecule has 1 amide bonds. The first-order valence-corrected chi connectivity index (χ1v) is 12.3. The van der Waals surface area contributed by atoms with Crippen LogP contribution in [0.25, 0.3) is 0 Å². The van der Waals surface area contributed by atoms with Crippen molar-refractivity contribution in [3.05, 3.63) is 52.5 Å². The third kappa shape index (κ3) is 5.25. The maximum absolute atomic E-state index is 13.2. The number of aryl methyl sites for hydroxylation is 1. The molecule has 31 heavy (non-hydrogen) atoms. The van der Waals surface area contributed by atoms with Gasteiger partial charge in [-0.2, -0.15) is 0 Å². The monoisotopic (exact) mass is 466 g/mol. The van der Waals surface area contributed by atoms with Gasteiger partial charge in [0.05, 0.1) is 18.0 Å². The van der Waals surface area contributed by atoms with E-state index >= 15 is 0 Å². The van der Waals surface area contributed by atoms with Gasteiger partial charge in [0, 0.05) is 5.02 Å². The molecule has 2 unspecified atom stereocenters. The van der Waals surface area contributed by atoms with E-state index in [4.69, 9.17) is 21.1 Å². The zero-order chi connectivity index (χ0) is 22.8. The van der Waals surface area contributed by atoms with E-state index in [1.807, 2.05) is 25.1 Å². The van der Waals surface area contributed by atoms with E-state index in [2.05, 4.69) is 5.32 Å². The number of hydrogen-bond donors (Lipinski definition) is 1. The molecule has 2 aromatic carbocycles. The van der Waals surface area contributed by atoms with E-state index in [9.17, 15) is 13.2 Å². The number of hydrogen-bond acceptors (Lipinski definition) is 5. The number of amides is 1. The first kappa shape index (κ1) is 23.2. The number of halogens is 1. The molecule has 2 atom stereocenters. The van der Waals surface area contributed by atoms with Gasteiger partial charge in [-0.25, -0.2) is 8.42 Å². The summed E-state index contributed by atoms with van der Waals surface area (Å²) in [6, 6.07) is 9.19. The molecule has 0 aromatic heterocycles. The Morgan fingerprint density at radius 2 is 1.84 bits per heavy atom. The molecular formula is C22H27ClN2O5S. The lowest BCUT2D eigenvalue weighted by atomic mass is 10.1. The van der Waals surface area contributed by atoms with E-state index in [0.717, 1.165) is 16.1 Å². The van der Waals surface area contributed by atoms with Crippen molar-refractivity contribution in [1.82, 2.24) is 5.32 Å². The van der Waals surface area contributed by atoms with Crippen LogP contribution in [0.4, 0.5) is 5.69 Å². The van der Waals surface area contributed by atoms with Gasteiger partial charge in [0.25, 0.3) is 0 Å².